The number of rotatable bonds is 16. The summed E-state index contributed by atoms with van der Waals surface area (Å²) in [4.78, 5) is 12.3. The van der Waals surface area contributed by atoms with Crippen molar-refractivity contribution in [1.82, 2.24) is 5.43 Å². The van der Waals surface area contributed by atoms with E-state index in [1.54, 1.807) is 24.4 Å². The van der Waals surface area contributed by atoms with Crippen LogP contribution in [0, 0.1) is 0 Å². The quantitative estimate of drug-likeness (QED) is 0.162. The summed E-state index contributed by atoms with van der Waals surface area (Å²) in [5, 5.41) is 4.02. The molecule has 0 aliphatic heterocycles. The number of nitrogens with one attached hydrogen (secondary N) is 1. The van der Waals surface area contributed by atoms with Gasteiger partial charge in [0, 0.05) is 11.1 Å². The van der Waals surface area contributed by atoms with Gasteiger partial charge in [0.1, 0.15) is 18.1 Å². The fraction of sp³-hybridized carbons (Fsp3) is 0.407. The summed E-state index contributed by atoms with van der Waals surface area (Å²) < 4.78 is 11.3. The Bertz CT molecular complexity index is 849. The normalized spacial score (nSPS) is 11.2. The molecule has 33 heavy (non-hydrogen) atoms. The lowest BCUT2D eigenvalue weighted by Gasteiger charge is -2.07. The Hall–Kier alpha value is -2.79. The minimum Gasteiger partial charge on any atom is -0.494 e. The topological polar surface area (TPSA) is 59.9 Å². The van der Waals surface area contributed by atoms with Crippen LogP contribution in [-0.2, 0) is 0 Å². The molecule has 0 aliphatic rings. The van der Waals surface area contributed by atoms with Crippen LogP contribution in [0.5, 0.6) is 11.5 Å². The largest absolute Gasteiger partial charge is 0.494 e. The maximum atomic E-state index is 12.3. The molecule has 178 valence electrons. The molecule has 0 bridgehead atoms. The van der Waals surface area contributed by atoms with E-state index < -0.39 is 0 Å². The van der Waals surface area contributed by atoms with E-state index in [2.05, 4.69) is 17.5 Å². The number of halogens is 1. The average molecular weight is 471 g/mol. The lowest BCUT2D eigenvalue weighted by molar-refractivity contribution is 0.0955. The molecule has 2 aromatic carbocycles. The second-order valence-electron chi connectivity index (χ2n) is 7.79. The van der Waals surface area contributed by atoms with E-state index in [4.69, 9.17) is 21.1 Å². The van der Waals surface area contributed by atoms with Gasteiger partial charge in [0.25, 0.3) is 5.91 Å². The maximum Gasteiger partial charge on any atom is 0.271 e. The van der Waals surface area contributed by atoms with Gasteiger partial charge in [-0.2, -0.15) is 5.10 Å². The van der Waals surface area contributed by atoms with Gasteiger partial charge in [-0.05, 0) is 66.6 Å². The number of nitrogens with zero attached hydrogens (tertiary/aromatic N) is 1. The number of hydrogen-bond donors (Lipinski definition) is 1. The molecule has 0 unspecified atom stereocenters. The maximum absolute atomic E-state index is 12.3. The Morgan fingerprint density at radius 1 is 0.879 bits per heavy atom. The third-order valence-corrected chi connectivity index (χ3v) is 5.26. The van der Waals surface area contributed by atoms with E-state index in [9.17, 15) is 4.79 Å². The number of hydrazone groups is 1. The molecule has 0 saturated heterocycles. The Balaban J connectivity index is 1.65. The van der Waals surface area contributed by atoms with Gasteiger partial charge < -0.3 is 9.47 Å². The summed E-state index contributed by atoms with van der Waals surface area (Å²) in [7, 11) is 0. The van der Waals surface area contributed by atoms with Crippen molar-refractivity contribution in [2.24, 2.45) is 5.10 Å². The molecular formula is C27H35ClN2O3. The first-order chi connectivity index (χ1) is 16.2. The van der Waals surface area contributed by atoms with Gasteiger partial charge >= 0.3 is 0 Å². The average Bonchev–Trinajstić information content (AvgIpc) is 2.84. The molecule has 0 spiro atoms. The molecule has 0 fully saturated rings. The highest BCUT2D eigenvalue weighted by Crippen LogP contribution is 2.14. The third kappa shape index (κ3) is 11.6. The first-order valence-electron chi connectivity index (χ1n) is 11.8. The van der Waals surface area contributed by atoms with Crippen LogP contribution in [0.2, 0.25) is 0 Å². The lowest BCUT2D eigenvalue weighted by atomic mass is 10.1. The van der Waals surface area contributed by atoms with Gasteiger partial charge in [-0.15, -0.1) is 0 Å². The van der Waals surface area contributed by atoms with Crippen LogP contribution in [0.1, 0.15) is 74.2 Å². The molecule has 1 N–H and O–H groups in total. The van der Waals surface area contributed by atoms with Gasteiger partial charge in [0.15, 0.2) is 0 Å². The molecule has 0 aromatic heterocycles. The minimum absolute atomic E-state index is 0.270. The molecule has 1 amide bonds. The van der Waals surface area contributed by atoms with Crippen LogP contribution in [-0.4, -0.2) is 25.3 Å². The fourth-order valence-electron chi connectivity index (χ4n) is 3.19. The first-order valence-corrected chi connectivity index (χ1v) is 12.2. The second kappa shape index (κ2) is 16.8. The smallest absolute Gasteiger partial charge is 0.271 e. The number of amides is 1. The van der Waals surface area contributed by atoms with Gasteiger partial charge in [0.05, 0.1) is 12.8 Å². The molecule has 5 nitrogen and oxygen atoms in total. The molecule has 6 heteroatoms. The molecule has 2 rings (SSSR count). The zero-order chi connectivity index (χ0) is 23.6. The van der Waals surface area contributed by atoms with Crippen LogP contribution in [0.25, 0.3) is 0 Å². The highest BCUT2D eigenvalue weighted by molar-refractivity contribution is 6.25. The summed E-state index contributed by atoms with van der Waals surface area (Å²) >= 11 is 5.46. The van der Waals surface area contributed by atoms with E-state index in [-0.39, 0.29) is 5.91 Å². The fourth-order valence-corrected chi connectivity index (χ4v) is 3.26. The monoisotopic (exact) mass is 470 g/mol. The molecule has 0 saturated carbocycles. The SMILES string of the molecule is CCCCCCCCCCOc1ccc(C(=O)NN=Cc2ccc(OCC=CCl)cc2)cc1. The van der Waals surface area contributed by atoms with E-state index in [1.165, 1.54) is 50.5 Å². The van der Waals surface area contributed by atoms with Crippen LogP contribution in [0.4, 0.5) is 0 Å². The van der Waals surface area contributed by atoms with Gasteiger partial charge in [-0.3, -0.25) is 4.79 Å². The van der Waals surface area contributed by atoms with Crippen molar-refractivity contribution >= 4 is 23.7 Å². The van der Waals surface area contributed by atoms with Crippen molar-refractivity contribution in [3.8, 4) is 11.5 Å². The third-order valence-electron chi connectivity index (χ3n) is 5.08. The summed E-state index contributed by atoms with van der Waals surface area (Å²) in [6, 6.07) is 14.5. The summed E-state index contributed by atoms with van der Waals surface area (Å²) in [6.07, 6.45) is 13.5. The Kier molecular flexibility index (Phi) is 13.5. The van der Waals surface area contributed by atoms with Crippen molar-refractivity contribution in [2.75, 3.05) is 13.2 Å². The Morgan fingerprint density at radius 3 is 2.15 bits per heavy atom. The minimum atomic E-state index is -0.270. The van der Waals surface area contributed by atoms with Crippen molar-refractivity contribution < 1.29 is 14.3 Å². The van der Waals surface area contributed by atoms with Crippen LogP contribution < -0.4 is 14.9 Å². The van der Waals surface area contributed by atoms with Crippen molar-refractivity contribution in [1.29, 1.82) is 0 Å². The van der Waals surface area contributed by atoms with Gasteiger partial charge in [-0.1, -0.05) is 63.5 Å². The van der Waals surface area contributed by atoms with E-state index in [0.717, 1.165) is 23.5 Å². The number of hydrogen-bond acceptors (Lipinski definition) is 4. The van der Waals surface area contributed by atoms with Crippen molar-refractivity contribution in [2.45, 2.75) is 58.3 Å². The van der Waals surface area contributed by atoms with E-state index in [1.807, 2.05) is 36.4 Å². The number of unbranched alkanes of at least 4 members (excludes halogenated alkanes) is 7. The second-order valence-corrected chi connectivity index (χ2v) is 8.04. The lowest BCUT2D eigenvalue weighted by Crippen LogP contribution is -2.17. The predicted molar refractivity (Wildman–Crippen MR) is 137 cm³/mol. The zero-order valence-corrected chi connectivity index (χ0v) is 20.2. The zero-order valence-electron chi connectivity index (χ0n) is 19.5. The first kappa shape index (κ1) is 26.5. The van der Waals surface area contributed by atoms with E-state index in [0.29, 0.717) is 18.8 Å². The number of carbonyl (C=O) groups excluding carboxylic acids is 1. The standard InChI is InChI=1S/C27H35ClN2O3/c1-2-3-4-5-6-7-8-9-20-32-26-17-13-24(14-18-26)27(31)30-29-22-23-11-15-25(16-12-23)33-21-10-19-28/h10-19,22H,2-9,20-21H2,1H3,(H,30,31). The molecule has 0 aliphatic carbocycles. The summed E-state index contributed by atoms with van der Waals surface area (Å²) in [5.74, 6) is 1.24. The Morgan fingerprint density at radius 2 is 1.48 bits per heavy atom. The number of ether oxygens (including phenoxy) is 2. The van der Waals surface area contributed by atoms with Gasteiger partial charge in [0.2, 0.25) is 0 Å². The van der Waals surface area contributed by atoms with Crippen molar-refractivity contribution in [3.05, 3.63) is 71.3 Å². The van der Waals surface area contributed by atoms with Crippen LogP contribution in [0.15, 0.2) is 65.2 Å². The molecule has 0 radical (unpaired) electrons. The van der Waals surface area contributed by atoms with Gasteiger partial charge in [-0.25, -0.2) is 5.43 Å². The highest BCUT2D eigenvalue weighted by atomic mass is 35.5. The number of benzene rings is 2. The Labute approximate surface area is 202 Å². The molecule has 0 heterocycles. The predicted octanol–water partition coefficient (Wildman–Crippen LogP) is 7.10. The summed E-state index contributed by atoms with van der Waals surface area (Å²) in [5.41, 5.74) is 5.34. The highest BCUT2D eigenvalue weighted by Gasteiger charge is 2.04. The van der Waals surface area contributed by atoms with E-state index >= 15 is 0 Å². The number of carbonyl (C=O) groups is 1. The molecular weight excluding hydrogens is 436 g/mol. The van der Waals surface area contributed by atoms with Crippen molar-refractivity contribution in [3.63, 3.8) is 0 Å². The molecule has 0 atom stereocenters. The molecule has 2 aromatic rings. The van der Waals surface area contributed by atoms with Crippen LogP contribution >= 0.6 is 11.6 Å². The van der Waals surface area contributed by atoms with Crippen LogP contribution in [0.3, 0.4) is 0 Å². The summed E-state index contributed by atoms with van der Waals surface area (Å²) in [6.45, 7) is 3.36.